The maximum atomic E-state index is 13.4. The van der Waals surface area contributed by atoms with Crippen molar-refractivity contribution in [1.29, 1.82) is 0 Å². The molecule has 0 radical (unpaired) electrons. The number of rotatable bonds is 6. The van der Waals surface area contributed by atoms with Gasteiger partial charge in [-0.2, -0.15) is 13.2 Å². The first-order valence-electron chi connectivity index (χ1n) is 11.9. The molecule has 1 unspecified atom stereocenters. The number of halogens is 4. The van der Waals surface area contributed by atoms with Crippen molar-refractivity contribution < 1.29 is 32.3 Å². The molecule has 1 aliphatic rings. The second kappa shape index (κ2) is 10.7. The maximum Gasteiger partial charge on any atom is 0.436 e. The Kier molecular flexibility index (Phi) is 7.69. The number of nitrogens with zero attached hydrogens (tertiary/aromatic N) is 5. The minimum Gasteiger partial charge on any atom is -0.458 e. The predicted molar refractivity (Wildman–Crippen MR) is 135 cm³/mol. The van der Waals surface area contributed by atoms with Crippen LogP contribution in [0.3, 0.4) is 0 Å². The highest BCUT2D eigenvalue weighted by Crippen LogP contribution is 2.32. The summed E-state index contributed by atoms with van der Waals surface area (Å²) in [4.78, 5) is 42.2. The van der Waals surface area contributed by atoms with Crippen LogP contribution in [0.2, 0.25) is 5.02 Å². The molecule has 0 N–H and O–H groups in total. The van der Waals surface area contributed by atoms with Crippen molar-refractivity contribution in [3.63, 3.8) is 0 Å². The predicted octanol–water partition coefficient (Wildman–Crippen LogP) is 4.07. The van der Waals surface area contributed by atoms with Crippen molar-refractivity contribution in [3.05, 3.63) is 71.0 Å². The molecule has 2 amide bonds. The summed E-state index contributed by atoms with van der Waals surface area (Å²) < 4.78 is 45.7. The van der Waals surface area contributed by atoms with Crippen LogP contribution < -0.4 is 4.90 Å². The third kappa shape index (κ3) is 6.56. The lowest BCUT2D eigenvalue weighted by Crippen LogP contribution is -2.60. The molecule has 9 nitrogen and oxygen atoms in total. The average Bonchev–Trinajstić information content (AvgIpc) is 3.34. The van der Waals surface area contributed by atoms with Crippen molar-refractivity contribution in [2.75, 3.05) is 18.0 Å². The van der Waals surface area contributed by atoms with Crippen molar-refractivity contribution in [3.8, 4) is 5.69 Å². The molecule has 3 aromatic rings. The number of piperazine rings is 1. The van der Waals surface area contributed by atoms with Crippen LogP contribution in [0.5, 0.6) is 0 Å². The lowest BCUT2D eigenvalue weighted by Gasteiger charge is -2.38. The van der Waals surface area contributed by atoms with Crippen molar-refractivity contribution in [2.45, 2.75) is 45.0 Å². The van der Waals surface area contributed by atoms with Gasteiger partial charge in [0.25, 0.3) is 0 Å². The average molecular weight is 564 g/mol. The molecule has 1 aromatic heterocycles. The first-order valence-corrected chi connectivity index (χ1v) is 12.3. The zero-order chi connectivity index (χ0) is 28.5. The highest BCUT2D eigenvalue weighted by molar-refractivity contribution is 6.31. The van der Waals surface area contributed by atoms with Gasteiger partial charge in [-0.25, -0.2) is 9.48 Å². The van der Waals surface area contributed by atoms with Crippen LogP contribution in [0.1, 0.15) is 32.0 Å². The molecule has 13 heteroatoms. The highest BCUT2D eigenvalue weighted by Gasteiger charge is 2.41. The standard InChI is InChI=1S/C26H25ClF3N5O4/c1-25(2,3)39-24(38)20(11-16-7-5-4-6-8-16)34-15-22(36)33(14-23(34)37)19-12-17(27)9-10-18(19)35-13-21(31-32-35)26(28,29)30/h4-10,12-13,20H,11,14-15H2,1-3H3. The molecule has 1 atom stereocenters. The number of alkyl halides is 3. The van der Waals surface area contributed by atoms with E-state index in [9.17, 15) is 27.6 Å². The van der Waals surface area contributed by atoms with Gasteiger partial charge in [-0.15, -0.1) is 5.10 Å². The Morgan fingerprint density at radius 2 is 1.72 bits per heavy atom. The van der Waals surface area contributed by atoms with E-state index in [0.29, 0.717) is 6.20 Å². The molecule has 2 heterocycles. The molecule has 0 spiro atoms. The van der Waals surface area contributed by atoms with E-state index >= 15 is 0 Å². The summed E-state index contributed by atoms with van der Waals surface area (Å²) in [5.74, 6) is -1.79. The van der Waals surface area contributed by atoms with E-state index in [4.69, 9.17) is 16.3 Å². The van der Waals surface area contributed by atoms with Gasteiger partial charge in [-0.05, 0) is 44.5 Å². The highest BCUT2D eigenvalue weighted by atomic mass is 35.5. The van der Waals surface area contributed by atoms with Crippen molar-refractivity contribution >= 4 is 35.1 Å². The number of ether oxygens (including phenoxy) is 1. The topological polar surface area (TPSA) is 97.6 Å². The third-order valence-electron chi connectivity index (χ3n) is 5.81. The number of anilines is 1. The second-order valence-corrected chi connectivity index (χ2v) is 10.4. The Morgan fingerprint density at radius 1 is 1.03 bits per heavy atom. The van der Waals surface area contributed by atoms with Crippen LogP contribution in [-0.4, -0.2) is 62.4 Å². The molecule has 206 valence electrons. The van der Waals surface area contributed by atoms with Crippen molar-refractivity contribution in [2.24, 2.45) is 0 Å². The number of hydrogen-bond donors (Lipinski definition) is 0. The molecule has 1 fully saturated rings. The van der Waals surface area contributed by atoms with Crippen LogP contribution in [0.4, 0.5) is 18.9 Å². The zero-order valence-corrected chi connectivity index (χ0v) is 22.0. The monoisotopic (exact) mass is 563 g/mol. The van der Waals surface area contributed by atoms with Crippen LogP contribution in [0.15, 0.2) is 54.7 Å². The fourth-order valence-electron chi connectivity index (χ4n) is 4.08. The summed E-state index contributed by atoms with van der Waals surface area (Å²) in [6.07, 6.45) is -3.93. The number of hydrogen-bond acceptors (Lipinski definition) is 6. The second-order valence-electron chi connectivity index (χ2n) is 9.92. The van der Waals surface area contributed by atoms with Gasteiger partial charge in [-0.1, -0.05) is 47.1 Å². The van der Waals surface area contributed by atoms with Crippen LogP contribution in [-0.2, 0) is 31.7 Å². The quantitative estimate of drug-likeness (QED) is 0.420. The normalized spacial score (nSPS) is 15.5. The van der Waals surface area contributed by atoms with E-state index in [-0.39, 0.29) is 22.8 Å². The number of benzene rings is 2. The van der Waals surface area contributed by atoms with Gasteiger partial charge < -0.3 is 9.64 Å². The Labute approximate surface area is 227 Å². The minimum absolute atomic E-state index is 0.0602. The van der Waals surface area contributed by atoms with E-state index in [1.54, 1.807) is 45.0 Å². The van der Waals surface area contributed by atoms with Crippen LogP contribution in [0, 0.1) is 0 Å². The Hall–Kier alpha value is -3.93. The van der Waals surface area contributed by atoms with Gasteiger partial charge in [-0.3, -0.25) is 14.5 Å². The molecule has 1 saturated heterocycles. The Balaban J connectivity index is 1.65. The molecule has 0 saturated carbocycles. The van der Waals surface area contributed by atoms with E-state index in [1.807, 2.05) is 6.07 Å². The lowest BCUT2D eigenvalue weighted by atomic mass is 10.0. The number of carbonyl (C=O) groups is 3. The zero-order valence-electron chi connectivity index (χ0n) is 21.3. The van der Waals surface area contributed by atoms with E-state index in [2.05, 4.69) is 10.3 Å². The summed E-state index contributed by atoms with van der Waals surface area (Å²) in [5.41, 5.74) is -1.17. The minimum atomic E-state index is -4.72. The van der Waals surface area contributed by atoms with Gasteiger partial charge in [0.1, 0.15) is 24.7 Å². The third-order valence-corrected chi connectivity index (χ3v) is 6.04. The Morgan fingerprint density at radius 3 is 2.33 bits per heavy atom. The molecule has 0 aliphatic carbocycles. The van der Waals surface area contributed by atoms with E-state index in [1.165, 1.54) is 23.1 Å². The lowest BCUT2D eigenvalue weighted by molar-refractivity contribution is -0.165. The van der Waals surface area contributed by atoms with Gasteiger partial charge in [0, 0.05) is 11.4 Å². The first-order chi connectivity index (χ1) is 18.2. The fourth-order valence-corrected chi connectivity index (χ4v) is 4.25. The number of esters is 1. The summed E-state index contributed by atoms with van der Waals surface area (Å²) in [6.45, 7) is 4.15. The Bertz CT molecular complexity index is 1390. The van der Waals surface area contributed by atoms with Gasteiger partial charge in [0.15, 0.2) is 5.69 Å². The molecule has 2 aromatic carbocycles. The van der Waals surface area contributed by atoms with E-state index in [0.717, 1.165) is 15.1 Å². The molecular weight excluding hydrogens is 539 g/mol. The SMILES string of the molecule is CC(C)(C)OC(=O)C(Cc1ccccc1)N1CC(=O)N(c2cc(Cl)ccc2-n2cc(C(F)(F)F)nn2)CC1=O. The number of aromatic nitrogens is 3. The molecule has 39 heavy (non-hydrogen) atoms. The number of carbonyl (C=O) groups excluding carboxylic acids is 3. The maximum absolute atomic E-state index is 13.4. The van der Waals surface area contributed by atoms with Gasteiger partial charge in [0.05, 0.1) is 17.6 Å². The van der Waals surface area contributed by atoms with Crippen LogP contribution >= 0.6 is 11.6 Å². The summed E-state index contributed by atoms with van der Waals surface area (Å²) in [5, 5.41) is 6.88. The summed E-state index contributed by atoms with van der Waals surface area (Å²) in [6, 6.07) is 12.1. The molecule has 1 aliphatic heterocycles. The van der Waals surface area contributed by atoms with Gasteiger partial charge in [0.2, 0.25) is 11.8 Å². The van der Waals surface area contributed by atoms with Crippen LogP contribution in [0.25, 0.3) is 5.69 Å². The molecule has 4 rings (SSSR count). The summed E-state index contributed by atoms with van der Waals surface area (Å²) >= 11 is 6.14. The van der Waals surface area contributed by atoms with Gasteiger partial charge >= 0.3 is 12.1 Å². The first kappa shape index (κ1) is 28.1. The smallest absolute Gasteiger partial charge is 0.436 e. The summed E-state index contributed by atoms with van der Waals surface area (Å²) in [7, 11) is 0. The fraction of sp³-hybridized carbons (Fsp3) is 0.346. The van der Waals surface area contributed by atoms with Crippen molar-refractivity contribution in [1.82, 2.24) is 19.9 Å². The molecule has 0 bridgehead atoms. The molecular formula is C26H25ClF3N5O4. The largest absolute Gasteiger partial charge is 0.458 e. The number of amides is 2. The van der Waals surface area contributed by atoms with E-state index < -0.39 is 54.4 Å².